The van der Waals surface area contributed by atoms with E-state index in [4.69, 9.17) is 4.42 Å². The minimum Gasteiger partial charge on any atom is -0.416 e. The average molecular weight is 358 g/mol. The molecule has 0 unspecified atom stereocenters. The lowest BCUT2D eigenvalue weighted by molar-refractivity contribution is -0.138. The van der Waals surface area contributed by atoms with Gasteiger partial charge in [0.15, 0.2) is 0 Å². The van der Waals surface area contributed by atoms with Gasteiger partial charge in [-0.2, -0.15) is 26.3 Å². The van der Waals surface area contributed by atoms with Crippen LogP contribution in [0.5, 0.6) is 0 Å². The van der Waals surface area contributed by atoms with Gasteiger partial charge < -0.3 is 4.42 Å². The van der Waals surface area contributed by atoms with E-state index in [0.29, 0.717) is 0 Å². The van der Waals surface area contributed by atoms with Gasteiger partial charge in [-0.15, -0.1) is 10.2 Å². The maximum Gasteiger partial charge on any atom is 0.416 e. The van der Waals surface area contributed by atoms with Crippen molar-refractivity contribution in [3.05, 3.63) is 59.7 Å². The maximum absolute atomic E-state index is 12.7. The van der Waals surface area contributed by atoms with Gasteiger partial charge in [-0.3, -0.25) is 0 Å². The van der Waals surface area contributed by atoms with Crippen LogP contribution >= 0.6 is 0 Å². The fourth-order valence-corrected chi connectivity index (χ4v) is 2.09. The predicted octanol–water partition coefficient (Wildman–Crippen LogP) is 5.44. The smallest absolute Gasteiger partial charge is 0.416 e. The molecule has 3 rings (SSSR count). The summed E-state index contributed by atoms with van der Waals surface area (Å²) in [5.74, 6) is -0.262. The average Bonchev–Trinajstić information content (AvgIpc) is 3.03. The van der Waals surface area contributed by atoms with E-state index >= 15 is 0 Å². The molecule has 0 amide bonds. The largest absolute Gasteiger partial charge is 0.416 e. The summed E-state index contributed by atoms with van der Waals surface area (Å²) >= 11 is 0. The molecule has 0 saturated carbocycles. The van der Waals surface area contributed by atoms with Gasteiger partial charge in [0, 0.05) is 11.1 Å². The predicted molar refractivity (Wildman–Crippen MR) is 75.2 cm³/mol. The second-order valence-electron chi connectivity index (χ2n) is 5.07. The lowest BCUT2D eigenvalue weighted by Crippen LogP contribution is -2.04. The van der Waals surface area contributed by atoms with E-state index in [9.17, 15) is 26.3 Å². The number of hydrogen-bond donors (Lipinski definition) is 0. The molecule has 0 aliphatic rings. The van der Waals surface area contributed by atoms with Gasteiger partial charge >= 0.3 is 12.4 Å². The molecule has 9 heteroatoms. The standard InChI is InChI=1S/C16H8F6N2O/c17-15(18,19)11-6-4-9(5-7-11)13-23-24-14(25-13)10-2-1-3-12(8-10)16(20,21)22/h1-8H. The van der Waals surface area contributed by atoms with Crippen molar-refractivity contribution < 1.29 is 30.8 Å². The molecule has 1 aromatic heterocycles. The number of halogens is 6. The highest BCUT2D eigenvalue weighted by atomic mass is 19.4. The summed E-state index contributed by atoms with van der Waals surface area (Å²) in [6.45, 7) is 0. The zero-order chi connectivity index (χ0) is 18.2. The van der Waals surface area contributed by atoms with E-state index in [1.54, 1.807) is 0 Å². The summed E-state index contributed by atoms with van der Waals surface area (Å²) in [4.78, 5) is 0. The number of alkyl halides is 6. The third kappa shape index (κ3) is 3.65. The quantitative estimate of drug-likeness (QED) is 0.573. The number of rotatable bonds is 2. The Bertz CT molecular complexity index is 881. The van der Waals surface area contributed by atoms with Crippen LogP contribution in [0.2, 0.25) is 0 Å². The Labute approximate surface area is 136 Å². The fraction of sp³-hybridized carbons (Fsp3) is 0.125. The molecule has 0 fully saturated rings. The van der Waals surface area contributed by atoms with Gasteiger partial charge in [0.25, 0.3) is 0 Å². The van der Waals surface area contributed by atoms with Crippen LogP contribution < -0.4 is 0 Å². The lowest BCUT2D eigenvalue weighted by atomic mass is 10.1. The third-order valence-electron chi connectivity index (χ3n) is 3.32. The first kappa shape index (κ1) is 17.0. The van der Waals surface area contributed by atoms with Gasteiger partial charge in [-0.05, 0) is 42.5 Å². The van der Waals surface area contributed by atoms with Crippen molar-refractivity contribution >= 4 is 0 Å². The SMILES string of the molecule is FC(F)(F)c1ccc(-c2nnc(-c3cccc(C(F)(F)F)c3)o2)cc1. The molecule has 130 valence electrons. The van der Waals surface area contributed by atoms with E-state index < -0.39 is 23.5 Å². The Kier molecular flexibility index (Phi) is 4.02. The molecule has 0 spiro atoms. The number of hydrogen-bond acceptors (Lipinski definition) is 3. The Morgan fingerprint density at radius 3 is 1.76 bits per heavy atom. The van der Waals surface area contributed by atoms with Gasteiger partial charge in [0.1, 0.15) is 0 Å². The second-order valence-corrected chi connectivity index (χ2v) is 5.07. The van der Waals surface area contributed by atoms with Crippen LogP contribution in [0.4, 0.5) is 26.3 Å². The van der Waals surface area contributed by atoms with Crippen molar-refractivity contribution in [2.24, 2.45) is 0 Å². The first-order valence-electron chi connectivity index (χ1n) is 6.83. The van der Waals surface area contributed by atoms with Crippen LogP contribution in [-0.4, -0.2) is 10.2 Å². The minimum atomic E-state index is -4.52. The molecule has 2 aromatic carbocycles. The molecule has 0 N–H and O–H groups in total. The van der Waals surface area contributed by atoms with Crippen molar-refractivity contribution in [3.63, 3.8) is 0 Å². The van der Waals surface area contributed by atoms with Crippen LogP contribution in [0.15, 0.2) is 52.9 Å². The van der Waals surface area contributed by atoms with Crippen LogP contribution in [0.1, 0.15) is 11.1 Å². The molecule has 1 heterocycles. The summed E-state index contributed by atoms with van der Waals surface area (Å²) in [7, 11) is 0. The van der Waals surface area contributed by atoms with Crippen LogP contribution in [0.3, 0.4) is 0 Å². The summed E-state index contributed by atoms with van der Waals surface area (Å²) < 4.78 is 81.1. The molecular formula is C16H8F6N2O. The lowest BCUT2D eigenvalue weighted by Gasteiger charge is -2.06. The minimum absolute atomic E-state index is 0.0560. The summed E-state index contributed by atoms with van der Waals surface area (Å²) in [5, 5.41) is 7.32. The summed E-state index contributed by atoms with van der Waals surface area (Å²) in [5.41, 5.74) is -1.44. The van der Waals surface area contributed by atoms with Gasteiger partial charge in [-0.25, -0.2) is 0 Å². The topological polar surface area (TPSA) is 38.9 Å². The highest BCUT2D eigenvalue weighted by Gasteiger charge is 2.31. The highest BCUT2D eigenvalue weighted by Crippen LogP contribution is 2.33. The Hall–Kier alpha value is -2.84. The number of nitrogens with zero attached hydrogens (tertiary/aromatic N) is 2. The molecule has 0 aliphatic heterocycles. The summed E-state index contributed by atoms with van der Waals surface area (Å²) in [6, 6.07) is 8.30. The van der Waals surface area contributed by atoms with E-state index in [1.165, 1.54) is 12.1 Å². The normalized spacial score (nSPS) is 12.4. The molecule has 3 aromatic rings. The van der Waals surface area contributed by atoms with E-state index in [1.807, 2.05) is 0 Å². The van der Waals surface area contributed by atoms with Crippen molar-refractivity contribution in [1.29, 1.82) is 0 Å². The highest BCUT2D eigenvalue weighted by molar-refractivity contribution is 5.59. The van der Waals surface area contributed by atoms with Crippen molar-refractivity contribution in [2.75, 3.05) is 0 Å². The molecule has 3 nitrogen and oxygen atoms in total. The molecule has 0 atom stereocenters. The van der Waals surface area contributed by atoms with Gasteiger partial charge in [0.2, 0.25) is 11.8 Å². The van der Waals surface area contributed by atoms with Crippen molar-refractivity contribution in [2.45, 2.75) is 12.4 Å². The molecule has 0 aliphatic carbocycles. The zero-order valence-electron chi connectivity index (χ0n) is 12.2. The first-order valence-corrected chi connectivity index (χ1v) is 6.83. The zero-order valence-corrected chi connectivity index (χ0v) is 12.2. The van der Waals surface area contributed by atoms with Crippen LogP contribution in [0.25, 0.3) is 22.9 Å². The second kappa shape index (κ2) is 5.91. The number of benzene rings is 2. The third-order valence-corrected chi connectivity index (χ3v) is 3.32. The molecular weight excluding hydrogens is 350 g/mol. The van der Waals surface area contributed by atoms with Crippen molar-refractivity contribution in [1.82, 2.24) is 10.2 Å². The molecule has 0 bridgehead atoms. The molecule has 25 heavy (non-hydrogen) atoms. The van der Waals surface area contributed by atoms with E-state index in [0.717, 1.165) is 36.4 Å². The van der Waals surface area contributed by atoms with Gasteiger partial charge in [-0.1, -0.05) is 6.07 Å². The monoisotopic (exact) mass is 358 g/mol. The first-order chi connectivity index (χ1) is 11.6. The van der Waals surface area contributed by atoms with Crippen LogP contribution in [-0.2, 0) is 12.4 Å². The Morgan fingerprint density at radius 1 is 0.640 bits per heavy atom. The Balaban J connectivity index is 1.91. The van der Waals surface area contributed by atoms with Crippen molar-refractivity contribution in [3.8, 4) is 22.9 Å². The summed E-state index contributed by atoms with van der Waals surface area (Å²) in [6.07, 6.45) is -9.00. The van der Waals surface area contributed by atoms with E-state index in [-0.39, 0.29) is 22.9 Å². The van der Waals surface area contributed by atoms with Crippen LogP contribution in [0, 0.1) is 0 Å². The fourth-order valence-electron chi connectivity index (χ4n) is 2.09. The Morgan fingerprint density at radius 2 is 1.20 bits per heavy atom. The molecule has 0 saturated heterocycles. The number of aromatic nitrogens is 2. The van der Waals surface area contributed by atoms with Gasteiger partial charge in [0.05, 0.1) is 11.1 Å². The maximum atomic E-state index is 12.7. The molecule has 0 radical (unpaired) electrons. The van der Waals surface area contributed by atoms with E-state index in [2.05, 4.69) is 10.2 Å².